The van der Waals surface area contributed by atoms with E-state index in [-0.39, 0.29) is 15.4 Å². The zero-order valence-corrected chi connectivity index (χ0v) is 9.41. The molecule has 0 aromatic heterocycles. The molecule has 0 fully saturated rings. The lowest BCUT2D eigenvalue weighted by Gasteiger charge is -2.11. The zero-order chi connectivity index (χ0) is 8.15. The molecule has 3 heteroatoms. The molecule has 2 unspecified atom stereocenters. The molecule has 0 saturated heterocycles. The third kappa shape index (κ3) is 3.71. The molecule has 0 spiro atoms. The van der Waals surface area contributed by atoms with E-state index < -0.39 is 0 Å². The number of hydrogen-bond donors (Lipinski definition) is 0. The van der Waals surface area contributed by atoms with Gasteiger partial charge in [-0.1, -0.05) is 45.2 Å². The third-order valence-corrected chi connectivity index (χ3v) is 4.25. The summed E-state index contributed by atoms with van der Waals surface area (Å²) in [5, 5.41) is 0. The minimum absolute atomic E-state index is 0.0209. The Labute approximate surface area is 78.8 Å². The molecule has 0 amide bonds. The highest BCUT2D eigenvalue weighted by Gasteiger charge is 2.18. The summed E-state index contributed by atoms with van der Waals surface area (Å²) < 4.78 is 0. The molecule has 0 bridgehead atoms. The topological polar surface area (TPSA) is 17.1 Å². The molecule has 0 aliphatic heterocycles. The van der Waals surface area contributed by atoms with E-state index in [4.69, 9.17) is 0 Å². The normalized spacial score (nSPS) is 16.4. The lowest BCUT2D eigenvalue weighted by molar-refractivity contribution is -0.116. The van der Waals surface area contributed by atoms with Gasteiger partial charge >= 0.3 is 0 Å². The van der Waals surface area contributed by atoms with E-state index in [1.165, 1.54) is 0 Å². The summed E-state index contributed by atoms with van der Waals surface area (Å²) in [5.74, 6) is 0.190. The Morgan fingerprint density at radius 1 is 1.50 bits per heavy atom. The van der Waals surface area contributed by atoms with Gasteiger partial charge in [-0.05, 0) is 13.3 Å². The highest BCUT2D eigenvalue weighted by atomic mass is 79.9. The van der Waals surface area contributed by atoms with Crippen molar-refractivity contribution in [1.82, 2.24) is 0 Å². The monoisotopic (exact) mass is 270 g/mol. The number of rotatable bonds is 4. The largest absolute Gasteiger partial charge is 0.299 e. The number of ketones is 1. The molecule has 2 atom stereocenters. The lowest BCUT2D eigenvalue weighted by Crippen LogP contribution is -2.21. The predicted octanol–water partition coefficient (Wildman–Crippen LogP) is 2.90. The van der Waals surface area contributed by atoms with Crippen LogP contribution >= 0.6 is 31.9 Å². The molecule has 0 aromatic carbocycles. The molecule has 1 nitrogen and oxygen atoms in total. The fourth-order valence-electron chi connectivity index (χ4n) is 0.677. The second kappa shape index (κ2) is 5.30. The Kier molecular flexibility index (Phi) is 5.64. The molecular formula is C7H12Br2O. The van der Waals surface area contributed by atoms with Crippen LogP contribution in [-0.4, -0.2) is 15.4 Å². The van der Waals surface area contributed by atoms with Crippen molar-refractivity contribution in [2.24, 2.45) is 0 Å². The van der Waals surface area contributed by atoms with Crippen LogP contribution in [0.15, 0.2) is 0 Å². The smallest absolute Gasteiger partial charge is 0.144 e. The Bertz CT molecular complexity index is 114. The van der Waals surface area contributed by atoms with Crippen LogP contribution in [-0.2, 0) is 4.79 Å². The molecule has 0 rings (SSSR count). The third-order valence-electron chi connectivity index (χ3n) is 1.27. The molecule has 0 aromatic rings. The summed E-state index contributed by atoms with van der Waals surface area (Å²) in [7, 11) is 0. The van der Waals surface area contributed by atoms with Gasteiger partial charge < -0.3 is 0 Å². The van der Waals surface area contributed by atoms with Gasteiger partial charge in [0.05, 0.1) is 4.83 Å². The molecule has 0 N–H and O–H groups in total. The fourth-order valence-corrected chi connectivity index (χ4v) is 1.77. The van der Waals surface area contributed by atoms with Crippen molar-refractivity contribution in [1.29, 1.82) is 0 Å². The molecule has 0 heterocycles. The van der Waals surface area contributed by atoms with Crippen LogP contribution in [0.25, 0.3) is 0 Å². The minimum Gasteiger partial charge on any atom is -0.299 e. The van der Waals surface area contributed by atoms with Gasteiger partial charge in [0, 0.05) is 4.83 Å². The molecule has 0 aliphatic carbocycles. The average Bonchev–Trinajstić information content (AvgIpc) is 1.87. The summed E-state index contributed by atoms with van der Waals surface area (Å²) in [6.45, 7) is 3.71. The summed E-state index contributed by atoms with van der Waals surface area (Å²) in [6, 6.07) is 0. The highest BCUT2D eigenvalue weighted by molar-refractivity contribution is 9.12. The van der Waals surface area contributed by atoms with Crippen molar-refractivity contribution in [3.8, 4) is 0 Å². The van der Waals surface area contributed by atoms with E-state index in [2.05, 4.69) is 38.8 Å². The van der Waals surface area contributed by atoms with Crippen LogP contribution in [0, 0.1) is 0 Å². The molecular weight excluding hydrogens is 260 g/mol. The van der Waals surface area contributed by atoms with Gasteiger partial charge in [-0.2, -0.15) is 0 Å². The number of carbonyl (C=O) groups is 1. The van der Waals surface area contributed by atoms with E-state index in [9.17, 15) is 4.79 Å². The SMILES string of the molecule is CCCC(Br)C(Br)C(C)=O. The first kappa shape index (κ1) is 10.6. The maximum Gasteiger partial charge on any atom is 0.144 e. The maximum absolute atomic E-state index is 10.8. The van der Waals surface area contributed by atoms with E-state index in [0.29, 0.717) is 0 Å². The number of halogens is 2. The first-order valence-corrected chi connectivity index (χ1v) is 5.21. The predicted molar refractivity (Wildman–Crippen MR) is 51.0 cm³/mol. The summed E-state index contributed by atoms with van der Waals surface area (Å²) in [4.78, 5) is 11.0. The van der Waals surface area contributed by atoms with Crippen LogP contribution in [0.2, 0.25) is 0 Å². The van der Waals surface area contributed by atoms with E-state index in [1.54, 1.807) is 6.92 Å². The molecule has 0 radical (unpaired) electrons. The first-order chi connectivity index (χ1) is 4.59. The Morgan fingerprint density at radius 2 is 2.00 bits per heavy atom. The van der Waals surface area contributed by atoms with Gasteiger partial charge in [0.15, 0.2) is 0 Å². The Morgan fingerprint density at radius 3 is 2.30 bits per heavy atom. The highest BCUT2D eigenvalue weighted by Crippen LogP contribution is 2.19. The van der Waals surface area contributed by atoms with Gasteiger partial charge in [0.1, 0.15) is 5.78 Å². The van der Waals surface area contributed by atoms with Gasteiger partial charge in [-0.3, -0.25) is 4.79 Å². The van der Waals surface area contributed by atoms with Gasteiger partial charge in [0.2, 0.25) is 0 Å². The maximum atomic E-state index is 10.8. The first-order valence-electron chi connectivity index (χ1n) is 3.38. The Hall–Kier alpha value is 0.630. The van der Waals surface area contributed by atoms with E-state index >= 15 is 0 Å². The average molecular weight is 272 g/mol. The molecule has 10 heavy (non-hydrogen) atoms. The van der Waals surface area contributed by atoms with Crippen LogP contribution < -0.4 is 0 Å². The van der Waals surface area contributed by atoms with Crippen LogP contribution in [0.3, 0.4) is 0 Å². The summed E-state index contributed by atoms with van der Waals surface area (Å²) in [5.41, 5.74) is 0. The van der Waals surface area contributed by atoms with E-state index in [1.807, 2.05) is 0 Å². The Balaban J connectivity index is 3.69. The minimum atomic E-state index is -0.0209. The number of Topliss-reactive ketones (excluding diaryl/α,β-unsaturated/α-hetero) is 1. The van der Waals surface area contributed by atoms with Crippen LogP contribution in [0.1, 0.15) is 26.7 Å². The van der Waals surface area contributed by atoms with Crippen molar-refractivity contribution < 1.29 is 4.79 Å². The second-order valence-corrected chi connectivity index (χ2v) is 4.48. The van der Waals surface area contributed by atoms with E-state index in [0.717, 1.165) is 12.8 Å². The summed E-state index contributed by atoms with van der Waals surface area (Å²) >= 11 is 6.75. The van der Waals surface area contributed by atoms with Gasteiger partial charge in [0.25, 0.3) is 0 Å². The summed E-state index contributed by atoms with van der Waals surface area (Å²) in [6.07, 6.45) is 2.14. The van der Waals surface area contributed by atoms with Crippen molar-refractivity contribution >= 4 is 37.6 Å². The van der Waals surface area contributed by atoms with Crippen molar-refractivity contribution in [2.45, 2.75) is 36.3 Å². The van der Waals surface area contributed by atoms with Crippen molar-refractivity contribution in [3.05, 3.63) is 0 Å². The molecule has 0 aliphatic rings. The van der Waals surface area contributed by atoms with Crippen LogP contribution in [0.5, 0.6) is 0 Å². The van der Waals surface area contributed by atoms with Crippen molar-refractivity contribution in [2.75, 3.05) is 0 Å². The van der Waals surface area contributed by atoms with Gasteiger partial charge in [-0.25, -0.2) is 0 Å². The molecule has 0 saturated carbocycles. The lowest BCUT2D eigenvalue weighted by atomic mass is 10.1. The fraction of sp³-hybridized carbons (Fsp3) is 0.857. The van der Waals surface area contributed by atoms with Crippen LogP contribution in [0.4, 0.5) is 0 Å². The standard InChI is InChI=1S/C7H12Br2O/c1-3-4-6(8)7(9)5(2)10/h6-7H,3-4H2,1-2H3. The number of hydrogen-bond acceptors (Lipinski definition) is 1. The van der Waals surface area contributed by atoms with Crippen molar-refractivity contribution in [3.63, 3.8) is 0 Å². The molecule has 60 valence electrons. The number of carbonyl (C=O) groups excluding carboxylic acids is 1. The van der Waals surface area contributed by atoms with Gasteiger partial charge in [-0.15, -0.1) is 0 Å². The quantitative estimate of drug-likeness (QED) is 0.719. The second-order valence-electron chi connectivity index (χ2n) is 2.32. The number of alkyl halides is 2. The zero-order valence-electron chi connectivity index (χ0n) is 6.23.